The van der Waals surface area contributed by atoms with Crippen LogP contribution in [0, 0.1) is 0 Å². The molecular formula is C17H13F3N2O3. The molecule has 0 aliphatic carbocycles. The van der Waals surface area contributed by atoms with Gasteiger partial charge in [0.05, 0.1) is 19.8 Å². The second kappa shape index (κ2) is 6.46. The summed E-state index contributed by atoms with van der Waals surface area (Å²) in [6.07, 6.45) is -4.39. The number of alkyl halides is 3. The second-order valence-electron chi connectivity index (χ2n) is 5.06. The second-order valence-corrected chi connectivity index (χ2v) is 5.06. The summed E-state index contributed by atoms with van der Waals surface area (Å²) in [6.45, 7) is 0. The number of benzene rings is 2. The Kier molecular flexibility index (Phi) is 4.35. The number of rotatable bonds is 4. The summed E-state index contributed by atoms with van der Waals surface area (Å²) >= 11 is 0. The van der Waals surface area contributed by atoms with E-state index in [-0.39, 0.29) is 11.8 Å². The highest BCUT2D eigenvalue weighted by Crippen LogP contribution is 2.34. The third-order valence-electron chi connectivity index (χ3n) is 3.51. The van der Waals surface area contributed by atoms with Crippen LogP contribution >= 0.6 is 0 Å². The molecule has 0 unspecified atom stereocenters. The van der Waals surface area contributed by atoms with Crippen LogP contribution in [0.1, 0.15) is 5.56 Å². The van der Waals surface area contributed by atoms with Crippen LogP contribution in [-0.4, -0.2) is 24.4 Å². The molecule has 0 saturated heterocycles. The van der Waals surface area contributed by atoms with E-state index in [2.05, 4.69) is 10.2 Å². The Morgan fingerprint density at radius 1 is 0.800 bits per heavy atom. The minimum absolute atomic E-state index is 0.124. The van der Waals surface area contributed by atoms with E-state index >= 15 is 0 Å². The highest BCUT2D eigenvalue weighted by molar-refractivity contribution is 5.62. The molecule has 2 aromatic carbocycles. The third kappa shape index (κ3) is 3.42. The molecule has 0 fully saturated rings. The fourth-order valence-electron chi connectivity index (χ4n) is 2.23. The lowest BCUT2D eigenvalue weighted by Gasteiger charge is -2.07. The third-order valence-corrected chi connectivity index (χ3v) is 3.51. The highest BCUT2D eigenvalue weighted by Gasteiger charge is 2.30. The summed E-state index contributed by atoms with van der Waals surface area (Å²) in [6, 6.07) is 9.58. The first kappa shape index (κ1) is 16.8. The van der Waals surface area contributed by atoms with Crippen molar-refractivity contribution in [3.63, 3.8) is 0 Å². The molecule has 3 aromatic rings. The number of aromatic nitrogens is 2. The molecule has 0 radical (unpaired) electrons. The number of hydrogen-bond acceptors (Lipinski definition) is 5. The van der Waals surface area contributed by atoms with Crippen molar-refractivity contribution in [1.29, 1.82) is 0 Å². The van der Waals surface area contributed by atoms with Crippen LogP contribution in [0.5, 0.6) is 11.5 Å². The minimum Gasteiger partial charge on any atom is -0.493 e. The van der Waals surface area contributed by atoms with Gasteiger partial charge in [0.1, 0.15) is 0 Å². The lowest BCUT2D eigenvalue weighted by Crippen LogP contribution is -2.03. The van der Waals surface area contributed by atoms with Gasteiger partial charge in [0.15, 0.2) is 11.5 Å². The SMILES string of the molecule is COc1ccc(-c2nnc(-c3ccc(C(F)(F)F)cc3)o2)cc1OC. The van der Waals surface area contributed by atoms with Crippen molar-refractivity contribution in [1.82, 2.24) is 10.2 Å². The van der Waals surface area contributed by atoms with Gasteiger partial charge in [-0.1, -0.05) is 0 Å². The van der Waals surface area contributed by atoms with Gasteiger partial charge in [0, 0.05) is 11.1 Å². The summed E-state index contributed by atoms with van der Waals surface area (Å²) in [7, 11) is 3.02. The molecule has 5 nitrogen and oxygen atoms in total. The van der Waals surface area contributed by atoms with E-state index in [9.17, 15) is 13.2 Å². The van der Waals surface area contributed by atoms with Gasteiger partial charge in [-0.05, 0) is 42.5 Å². The van der Waals surface area contributed by atoms with Gasteiger partial charge in [0.2, 0.25) is 11.8 Å². The van der Waals surface area contributed by atoms with Gasteiger partial charge in [-0.2, -0.15) is 13.2 Å². The van der Waals surface area contributed by atoms with Gasteiger partial charge >= 0.3 is 6.18 Å². The zero-order valence-electron chi connectivity index (χ0n) is 13.3. The van der Waals surface area contributed by atoms with Crippen LogP contribution in [0.4, 0.5) is 13.2 Å². The molecular weight excluding hydrogens is 337 g/mol. The van der Waals surface area contributed by atoms with Gasteiger partial charge in [-0.3, -0.25) is 0 Å². The molecule has 3 rings (SSSR count). The van der Waals surface area contributed by atoms with E-state index in [4.69, 9.17) is 13.9 Å². The average Bonchev–Trinajstić information content (AvgIpc) is 3.10. The van der Waals surface area contributed by atoms with Crippen molar-refractivity contribution in [2.24, 2.45) is 0 Å². The molecule has 0 aliphatic rings. The fraction of sp³-hybridized carbons (Fsp3) is 0.176. The minimum atomic E-state index is -4.39. The topological polar surface area (TPSA) is 57.4 Å². The lowest BCUT2D eigenvalue weighted by atomic mass is 10.1. The Morgan fingerprint density at radius 3 is 1.92 bits per heavy atom. The number of hydrogen-bond donors (Lipinski definition) is 0. The van der Waals surface area contributed by atoms with Crippen molar-refractivity contribution in [3.8, 4) is 34.4 Å². The number of ether oxygens (including phenoxy) is 2. The molecule has 25 heavy (non-hydrogen) atoms. The van der Waals surface area contributed by atoms with Crippen molar-refractivity contribution < 1.29 is 27.1 Å². The number of halogens is 3. The molecule has 0 N–H and O–H groups in total. The molecule has 0 saturated carbocycles. The smallest absolute Gasteiger partial charge is 0.416 e. The van der Waals surface area contributed by atoms with Crippen LogP contribution in [0.15, 0.2) is 46.9 Å². The average molecular weight is 350 g/mol. The molecule has 130 valence electrons. The van der Waals surface area contributed by atoms with E-state index in [0.29, 0.717) is 22.6 Å². The first-order valence-electron chi connectivity index (χ1n) is 7.16. The van der Waals surface area contributed by atoms with Crippen LogP contribution in [0.3, 0.4) is 0 Å². The normalized spacial score (nSPS) is 11.4. The molecule has 0 spiro atoms. The van der Waals surface area contributed by atoms with Crippen LogP contribution in [0.2, 0.25) is 0 Å². The Bertz CT molecular complexity index is 874. The largest absolute Gasteiger partial charge is 0.493 e. The van der Waals surface area contributed by atoms with E-state index in [1.807, 2.05) is 0 Å². The molecule has 0 bridgehead atoms. The van der Waals surface area contributed by atoms with Gasteiger partial charge in [-0.25, -0.2) is 0 Å². The van der Waals surface area contributed by atoms with E-state index in [1.54, 1.807) is 18.2 Å². The Hall–Kier alpha value is -3.03. The summed E-state index contributed by atoms with van der Waals surface area (Å²) in [5, 5.41) is 7.81. The quantitative estimate of drug-likeness (QED) is 0.696. The van der Waals surface area contributed by atoms with E-state index in [1.165, 1.54) is 26.4 Å². The van der Waals surface area contributed by atoms with Crippen LogP contribution in [-0.2, 0) is 6.18 Å². The highest BCUT2D eigenvalue weighted by atomic mass is 19.4. The van der Waals surface area contributed by atoms with Crippen molar-refractivity contribution in [2.75, 3.05) is 14.2 Å². The molecule has 0 amide bonds. The zero-order valence-corrected chi connectivity index (χ0v) is 13.3. The predicted octanol–water partition coefficient (Wildman–Crippen LogP) is 4.44. The maximum atomic E-state index is 12.6. The molecule has 0 atom stereocenters. The standard InChI is InChI=1S/C17H13F3N2O3/c1-23-13-8-5-11(9-14(13)24-2)16-22-21-15(25-16)10-3-6-12(7-4-10)17(18,19)20/h3-9H,1-2H3. The summed E-state index contributed by atoms with van der Waals surface area (Å²) in [5.74, 6) is 1.39. The first-order valence-corrected chi connectivity index (χ1v) is 7.16. The molecule has 1 aromatic heterocycles. The van der Waals surface area contributed by atoms with Crippen molar-refractivity contribution >= 4 is 0 Å². The predicted molar refractivity (Wildman–Crippen MR) is 83.3 cm³/mol. The fourth-order valence-corrected chi connectivity index (χ4v) is 2.23. The Labute approximate surface area is 141 Å². The summed E-state index contributed by atoms with van der Waals surface area (Å²) in [4.78, 5) is 0. The Morgan fingerprint density at radius 2 is 1.36 bits per heavy atom. The van der Waals surface area contributed by atoms with Gasteiger partial charge in [0.25, 0.3) is 0 Å². The molecule has 1 heterocycles. The molecule has 8 heteroatoms. The van der Waals surface area contributed by atoms with E-state index < -0.39 is 11.7 Å². The lowest BCUT2D eigenvalue weighted by molar-refractivity contribution is -0.137. The van der Waals surface area contributed by atoms with Gasteiger partial charge in [-0.15, -0.1) is 10.2 Å². The van der Waals surface area contributed by atoms with E-state index in [0.717, 1.165) is 12.1 Å². The van der Waals surface area contributed by atoms with Gasteiger partial charge < -0.3 is 13.9 Å². The Balaban J connectivity index is 1.90. The number of nitrogens with zero attached hydrogens (tertiary/aromatic N) is 2. The van der Waals surface area contributed by atoms with Crippen LogP contribution < -0.4 is 9.47 Å². The summed E-state index contributed by atoms with van der Waals surface area (Å²) in [5.41, 5.74) is 0.256. The first-order chi connectivity index (χ1) is 11.9. The maximum absolute atomic E-state index is 12.6. The number of methoxy groups -OCH3 is 2. The monoisotopic (exact) mass is 350 g/mol. The summed E-state index contributed by atoms with van der Waals surface area (Å²) < 4.78 is 53.7. The van der Waals surface area contributed by atoms with Crippen molar-refractivity contribution in [2.45, 2.75) is 6.18 Å². The van der Waals surface area contributed by atoms with Crippen LogP contribution in [0.25, 0.3) is 22.9 Å². The van der Waals surface area contributed by atoms with Crippen molar-refractivity contribution in [3.05, 3.63) is 48.0 Å². The molecule has 0 aliphatic heterocycles. The zero-order chi connectivity index (χ0) is 18.0. The maximum Gasteiger partial charge on any atom is 0.416 e.